The summed E-state index contributed by atoms with van der Waals surface area (Å²) in [6.45, 7) is 0.917. The van der Waals surface area contributed by atoms with Crippen LogP contribution in [0.15, 0.2) is 30.5 Å². The quantitative estimate of drug-likeness (QED) is 0.339. The third-order valence-electron chi connectivity index (χ3n) is 4.97. The molecule has 0 bridgehead atoms. The van der Waals surface area contributed by atoms with Crippen LogP contribution in [-0.4, -0.2) is 71.4 Å². The number of aromatic nitrogens is 1. The highest BCUT2D eigenvalue weighted by atomic mass is 16.4. The molecule has 0 spiro atoms. The van der Waals surface area contributed by atoms with E-state index in [9.17, 15) is 35.4 Å². The number of nitrogens with one attached hydrogen (secondary N) is 1. The lowest BCUT2D eigenvalue weighted by atomic mass is 9.61. The first-order valence-corrected chi connectivity index (χ1v) is 7.42. The second-order valence-electron chi connectivity index (χ2n) is 6.21. The third-order valence-corrected chi connectivity index (χ3v) is 4.97. The predicted molar refractivity (Wildman–Crippen MR) is 81.9 cm³/mol. The zero-order chi connectivity index (χ0) is 17.9. The molecule has 1 aromatic carbocycles. The van der Waals surface area contributed by atoms with Gasteiger partial charge in [0.25, 0.3) is 0 Å². The smallest absolute Gasteiger partial charge is 0.186 e. The van der Waals surface area contributed by atoms with Crippen molar-refractivity contribution in [2.45, 2.75) is 42.5 Å². The molecule has 24 heavy (non-hydrogen) atoms. The predicted octanol–water partition coefficient (Wildman–Crippen LogP) is -1.87. The fourth-order valence-electron chi connectivity index (χ4n) is 3.55. The second-order valence-corrected chi connectivity index (χ2v) is 6.21. The molecule has 0 radical (unpaired) electrons. The van der Waals surface area contributed by atoms with Gasteiger partial charge < -0.3 is 35.6 Å². The lowest BCUT2D eigenvalue weighted by molar-refractivity contribution is -0.305. The van der Waals surface area contributed by atoms with Crippen LogP contribution in [0.1, 0.15) is 12.5 Å². The van der Waals surface area contributed by atoms with E-state index in [1.165, 1.54) is 6.20 Å². The van der Waals surface area contributed by atoms with E-state index in [4.69, 9.17) is 0 Å². The van der Waals surface area contributed by atoms with Crippen molar-refractivity contribution >= 4 is 16.7 Å². The summed E-state index contributed by atoms with van der Waals surface area (Å²) in [6.07, 6.45) is -7.03. The Hall–Kier alpha value is -1.81. The van der Waals surface area contributed by atoms with Gasteiger partial charge in [-0.25, -0.2) is 0 Å². The number of para-hydroxylation sites is 1. The Morgan fingerprint density at radius 1 is 1.04 bits per heavy atom. The Kier molecular flexibility index (Phi) is 3.79. The summed E-state index contributed by atoms with van der Waals surface area (Å²) < 4.78 is 0. The molecule has 1 aromatic heterocycles. The molecule has 0 aliphatic heterocycles. The lowest BCUT2D eigenvalue weighted by Gasteiger charge is -2.53. The van der Waals surface area contributed by atoms with Crippen molar-refractivity contribution in [3.8, 4) is 0 Å². The van der Waals surface area contributed by atoms with Crippen molar-refractivity contribution in [2.75, 3.05) is 0 Å². The average Bonchev–Trinajstić information content (AvgIpc) is 3.00. The molecule has 130 valence electrons. The zero-order valence-electron chi connectivity index (χ0n) is 12.8. The number of Topliss-reactive ketones (excluding diaryl/α,β-unsaturated/α-hetero) is 1. The van der Waals surface area contributed by atoms with Gasteiger partial charge in [0.1, 0.15) is 24.4 Å². The maximum Gasteiger partial charge on any atom is 0.186 e. The van der Waals surface area contributed by atoms with Crippen LogP contribution in [0.25, 0.3) is 10.9 Å². The Morgan fingerprint density at radius 3 is 2.25 bits per heavy atom. The van der Waals surface area contributed by atoms with Crippen molar-refractivity contribution in [3.63, 3.8) is 0 Å². The van der Waals surface area contributed by atoms with E-state index in [-0.39, 0.29) is 5.56 Å². The van der Waals surface area contributed by atoms with E-state index in [2.05, 4.69) is 4.98 Å². The van der Waals surface area contributed by atoms with Crippen molar-refractivity contribution in [1.82, 2.24) is 4.98 Å². The fourth-order valence-corrected chi connectivity index (χ4v) is 3.55. The van der Waals surface area contributed by atoms with Gasteiger partial charge in [-0.15, -0.1) is 0 Å². The molecule has 0 saturated heterocycles. The average molecular weight is 337 g/mol. The molecule has 8 nitrogen and oxygen atoms in total. The molecule has 2 aromatic rings. The van der Waals surface area contributed by atoms with Gasteiger partial charge >= 0.3 is 0 Å². The zero-order valence-corrected chi connectivity index (χ0v) is 12.8. The molecule has 0 amide bonds. The summed E-state index contributed by atoms with van der Waals surface area (Å²) in [5, 5.41) is 62.8. The minimum atomic E-state index is -2.92. The molecule has 1 heterocycles. The van der Waals surface area contributed by atoms with Crippen LogP contribution in [0.3, 0.4) is 0 Å². The first-order chi connectivity index (χ1) is 11.2. The third kappa shape index (κ3) is 1.86. The molecule has 3 rings (SSSR count). The van der Waals surface area contributed by atoms with E-state index < -0.39 is 41.4 Å². The fraction of sp³-hybridized carbons (Fsp3) is 0.438. The minimum Gasteiger partial charge on any atom is -0.387 e. The Labute approximate surface area is 136 Å². The van der Waals surface area contributed by atoms with Gasteiger partial charge in [-0.2, -0.15) is 0 Å². The summed E-state index contributed by atoms with van der Waals surface area (Å²) >= 11 is 0. The monoisotopic (exact) mass is 337 g/mol. The highest BCUT2D eigenvalue weighted by molar-refractivity contribution is 5.91. The van der Waals surface area contributed by atoms with Gasteiger partial charge in [0.15, 0.2) is 17.0 Å². The van der Waals surface area contributed by atoms with Crippen LogP contribution >= 0.6 is 0 Å². The Morgan fingerprint density at radius 2 is 1.62 bits per heavy atom. The maximum atomic E-state index is 12.1. The van der Waals surface area contributed by atoms with E-state index in [1.54, 1.807) is 24.3 Å². The number of benzene rings is 1. The first-order valence-electron chi connectivity index (χ1n) is 7.42. The van der Waals surface area contributed by atoms with E-state index in [1.807, 2.05) is 0 Å². The van der Waals surface area contributed by atoms with Gasteiger partial charge in [-0.3, -0.25) is 4.79 Å². The van der Waals surface area contributed by atoms with Crippen LogP contribution in [0.4, 0.5) is 0 Å². The summed E-state index contributed by atoms with van der Waals surface area (Å²) in [5.41, 5.74) is -5.19. The van der Waals surface area contributed by atoms with E-state index in [0.29, 0.717) is 10.9 Å². The number of fused-ring (bicyclic) bond motifs is 1. The molecule has 6 atom stereocenters. The molecule has 1 fully saturated rings. The minimum absolute atomic E-state index is 0.0756. The number of aromatic amines is 1. The number of hydrogen-bond acceptors (Lipinski definition) is 7. The molecule has 0 unspecified atom stereocenters. The molecule has 8 heteroatoms. The number of ketones is 1. The van der Waals surface area contributed by atoms with E-state index >= 15 is 0 Å². The van der Waals surface area contributed by atoms with Crippen LogP contribution in [0.2, 0.25) is 0 Å². The normalized spacial score (nSPS) is 40.0. The van der Waals surface area contributed by atoms with E-state index in [0.717, 1.165) is 6.92 Å². The number of aliphatic hydroxyl groups is 6. The lowest BCUT2D eigenvalue weighted by Crippen LogP contribution is -2.78. The highest BCUT2D eigenvalue weighted by Gasteiger charge is 2.70. The topological polar surface area (TPSA) is 154 Å². The molecular formula is C16H19NO7. The van der Waals surface area contributed by atoms with Crippen LogP contribution in [0.5, 0.6) is 0 Å². The van der Waals surface area contributed by atoms with Crippen molar-refractivity contribution in [3.05, 3.63) is 36.0 Å². The molecular weight excluding hydrogens is 318 g/mol. The number of carbonyl (C=O) groups excluding carboxylic acids is 1. The van der Waals surface area contributed by atoms with Crippen LogP contribution in [-0.2, 0) is 10.4 Å². The standard InChI is InChI=1S/C16H19NO7/c1-7(18)15(23)13(21)11(19)12(20)14(22)16(15,24)9-6-17-10-5-3-2-4-8(9)10/h2-6,11-14,17,19-24H,1H3/t11-,12-,13-,14+,15+,16+/m1/s1. The number of rotatable bonds is 2. The summed E-state index contributed by atoms with van der Waals surface area (Å²) in [4.78, 5) is 14.9. The second kappa shape index (κ2) is 5.35. The number of carbonyl (C=O) groups is 1. The van der Waals surface area contributed by atoms with Crippen LogP contribution in [0, 0.1) is 0 Å². The van der Waals surface area contributed by atoms with Crippen LogP contribution < -0.4 is 0 Å². The van der Waals surface area contributed by atoms with Gasteiger partial charge in [0, 0.05) is 22.7 Å². The molecule has 1 aliphatic carbocycles. The Balaban J connectivity index is 2.33. The summed E-state index contributed by atoms with van der Waals surface area (Å²) in [7, 11) is 0. The number of aliphatic hydroxyl groups excluding tert-OH is 4. The Bertz CT molecular complexity index is 790. The number of hydrogen-bond donors (Lipinski definition) is 7. The highest BCUT2D eigenvalue weighted by Crippen LogP contribution is 2.47. The van der Waals surface area contributed by atoms with Gasteiger partial charge in [-0.1, -0.05) is 18.2 Å². The SMILES string of the molecule is CC(=O)[C@]1(O)[C@H](O)[C@H](O)[C@@H](O)[C@H](O)[C@@]1(O)c1c[nH]c2ccccc12. The van der Waals surface area contributed by atoms with Crippen molar-refractivity contribution in [1.29, 1.82) is 0 Å². The van der Waals surface area contributed by atoms with Gasteiger partial charge in [0.05, 0.1) is 0 Å². The van der Waals surface area contributed by atoms with Gasteiger partial charge in [-0.05, 0) is 13.0 Å². The largest absolute Gasteiger partial charge is 0.387 e. The van der Waals surface area contributed by atoms with Crippen molar-refractivity contribution in [2.24, 2.45) is 0 Å². The first kappa shape index (κ1) is 17.0. The van der Waals surface area contributed by atoms with Crippen molar-refractivity contribution < 1.29 is 35.4 Å². The molecule has 1 aliphatic rings. The summed E-state index contributed by atoms with van der Waals surface area (Å²) in [5.74, 6) is -1.06. The molecule has 7 N–H and O–H groups in total. The molecule has 1 saturated carbocycles. The summed E-state index contributed by atoms with van der Waals surface area (Å²) in [6, 6.07) is 6.61. The van der Waals surface area contributed by atoms with Gasteiger partial charge in [0.2, 0.25) is 0 Å². The number of H-pyrrole nitrogens is 1. The maximum absolute atomic E-state index is 12.1.